The molecule has 2 N–H and O–H groups in total. The van der Waals surface area contributed by atoms with Crippen LogP contribution in [0.25, 0.3) is 0 Å². The van der Waals surface area contributed by atoms with Crippen LogP contribution in [0.1, 0.15) is 29.6 Å². The first-order valence-electron chi connectivity index (χ1n) is 8.52. The maximum atomic E-state index is 12.6. The van der Waals surface area contributed by atoms with Gasteiger partial charge in [0.15, 0.2) is 0 Å². The lowest BCUT2D eigenvalue weighted by atomic mass is 9.90. The third-order valence-corrected chi connectivity index (χ3v) is 6.80. The Labute approximate surface area is 152 Å². The fourth-order valence-corrected chi connectivity index (χ4v) is 4.61. The molecule has 1 heterocycles. The zero-order valence-corrected chi connectivity index (χ0v) is 15.2. The minimum Gasteiger partial charge on any atom is -0.481 e. The van der Waals surface area contributed by atoms with Gasteiger partial charge in [0.25, 0.3) is 5.91 Å². The molecule has 0 aromatic heterocycles. The van der Waals surface area contributed by atoms with Crippen LogP contribution in [0.15, 0.2) is 41.8 Å². The molecule has 1 saturated carbocycles. The van der Waals surface area contributed by atoms with Gasteiger partial charge in [-0.2, -0.15) is 0 Å². The van der Waals surface area contributed by atoms with Gasteiger partial charge in [-0.15, -0.1) is 6.58 Å². The van der Waals surface area contributed by atoms with E-state index in [2.05, 4.69) is 11.3 Å². The fourth-order valence-electron chi connectivity index (χ4n) is 3.62. The van der Waals surface area contributed by atoms with Crippen molar-refractivity contribution >= 4 is 21.9 Å². The van der Waals surface area contributed by atoms with Crippen LogP contribution in [-0.4, -0.2) is 49.9 Å². The Bertz CT molecular complexity index is 824. The zero-order valence-electron chi connectivity index (χ0n) is 14.3. The first-order chi connectivity index (χ1) is 12.3. The first-order valence-corrected chi connectivity index (χ1v) is 10.0. The predicted octanol–water partition coefficient (Wildman–Crippen LogP) is 1.48. The zero-order chi connectivity index (χ0) is 18.9. The van der Waals surface area contributed by atoms with Gasteiger partial charge in [0.2, 0.25) is 10.0 Å². The molecule has 1 unspecified atom stereocenters. The Hall–Kier alpha value is -2.19. The number of nitrogens with one attached hydrogen (secondary N) is 1. The third kappa shape index (κ3) is 3.52. The number of carboxylic acids is 1. The topological polar surface area (TPSA) is 104 Å². The smallest absolute Gasteiger partial charge is 0.307 e. The number of sulfonamides is 1. The van der Waals surface area contributed by atoms with Crippen molar-refractivity contribution < 1.29 is 23.1 Å². The van der Waals surface area contributed by atoms with E-state index in [0.29, 0.717) is 37.9 Å². The number of piperidine rings is 1. The molecular formula is C18H22N2O5S. The van der Waals surface area contributed by atoms with E-state index in [0.717, 1.165) is 0 Å². The summed E-state index contributed by atoms with van der Waals surface area (Å²) < 4.78 is 26.4. The van der Waals surface area contributed by atoms with Crippen LogP contribution in [0, 0.1) is 11.3 Å². The van der Waals surface area contributed by atoms with Crippen LogP contribution >= 0.6 is 0 Å². The van der Waals surface area contributed by atoms with Crippen molar-refractivity contribution in [1.29, 1.82) is 0 Å². The summed E-state index contributed by atoms with van der Waals surface area (Å²) >= 11 is 0. The third-order valence-electron chi connectivity index (χ3n) is 5.36. The number of carbonyl (C=O) groups is 2. The average molecular weight is 378 g/mol. The summed E-state index contributed by atoms with van der Waals surface area (Å²) in [6, 6.07) is 5.83. The lowest BCUT2D eigenvalue weighted by Crippen LogP contribution is -2.40. The molecule has 8 heteroatoms. The maximum absolute atomic E-state index is 12.6. The molecule has 1 amide bonds. The van der Waals surface area contributed by atoms with Gasteiger partial charge >= 0.3 is 5.97 Å². The second-order valence-electron chi connectivity index (χ2n) is 6.91. The molecule has 1 saturated heterocycles. The quantitative estimate of drug-likeness (QED) is 0.730. The normalized spacial score (nSPS) is 21.4. The highest BCUT2D eigenvalue weighted by Crippen LogP contribution is 2.59. The predicted molar refractivity (Wildman–Crippen MR) is 95.1 cm³/mol. The van der Waals surface area contributed by atoms with E-state index in [1.807, 2.05) is 0 Å². The van der Waals surface area contributed by atoms with Gasteiger partial charge in [-0.25, -0.2) is 13.1 Å². The highest BCUT2D eigenvalue weighted by molar-refractivity contribution is 7.89. The lowest BCUT2D eigenvalue weighted by molar-refractivity contribution is -0.139. The van der Waals surface area contributed by atoms with E-state index in [1.54, 1.807) is 4.90 Å². The number of rotatable bonds is 6. The van der Waals surface area contributed by atoms with Crippen LogP contribution in [0.3, 0.4) is 0 Å². The summed E-state index contributed by atoms with van der Waals surface area (Å²) in [7, 11) is -3.61. The Morgan fingerprint density at radius 1 is 1.27 bits per heavy atom. The number of carboxylic acid groups (broad SMARTS) is 1. The second kappa shape index (κ2) is 6.85. The van der Waals surface area contributed by atoms with Gasteiger partial charge in [-0.3, -0.25) is 9.59 Å². The van der Waals surface area contributed by atoms with Crippen molar-refractivity contribution in [3.8, 4) is 0 Å². The fraction of sp³-hybridized carbons (Fsp3) is 0.444. The van der Waals surface area contributed by atoms with Crippen LogP contribution in [0.4, 0.5) is 0 Å². The average Bonchev–Trinajstić information content (AvgIpc) is 3.34. The van der Waals surface area contributed by atoms with Crippen molar-refractivity contribution in [3.63, 3.8) is 0 Å². The summed E-state index contributed by atoms with van der Waals surface area (Å²) in [5.41, 5.74) is 0.298. The summed E-state index contributed by atoms with van der Waals surface area (Å²) in [4.78, 5) is 25.5. The number of likely N-dealkylation sites (tertiary alicyclic amines) is 1. The van der Waals surface area contributed by atoms with Gasteiger partial charge < -0.3 is 10.0 Å². The summed E-state index contributed by atoms with van der Waals surface area (Å²) in [5, 5.41) is 9.13. The minimum absolute atomic E-state index is 0.0933. The molecule has 140 valence electrons. The second-order valence-corrected chi connectivity index (χ2v) is 8.68. The van der Waals surface area contributed by atoms with E-state index in [1.165, 1.54) is 30.3 Å². The lowest BCUT2D eigenvalue weighted by Gasteiger charge is -2.32. The molecule has 1 aromatic rings. The minimum atomic E-state index is -3.61. The Morgan fingerprint density at radius 3 is 2.38 bits per heavy atom. The van der Waals surface area contributed by atoms with Crippen LogP contribution in [0.5, 0.6) is 0 Å². The van der Waals surface area contributed by atoms with Crippen molar-refractivity contribution in [2.75, 3.05) is 19.6 Å². The van der Waals surface area contributed by atoms with Crippen molar-refractivity contribution in [2.45, 2.75) is 24.2 Å². The van der Waals surface area contributed by atoms with E-state index in [9.17, 15) is 18.0 Å². The van der Waals surface area contributed by atoms with Gasteiger partial charge in [-0.05, 0) is 48.9 Å². The molecular weight excluding hydrogens is 356 g/mol. The number of aliphatic carboxylic acids is 1. The van der Waals surface area contributed by atoms with Gasteiger partial charge in [0, 0.05) is 25.2 Å². The van der Waals surface area contributed by atoms with Gasteiger partial charge in [0.05, 0.1) is 10.8 Å². The molecule has 3 rings (SSSR count). The molecule has 0 bridgehead atoms. The summed E-state index contributed by atoms with van der Waals surface area (Å²) in [6.45, 7) is 4.66. The molecule has 1 atom stereocenters. The number of nitrogens with zero attached hydrogens (tertiary/aromatic N) is 1. The van der Waals surface area contributed by atoms with Crippen molar-refractivity contribution in [1.82, 2.24) is 9.62 Å². The Morgan fingerprint density at radius 2 is 1.88 bits per heavy atom. The highest BCUT2D eigenvalue weighted by Gasteiger charge is 2.59. The molecule has 26 heavy (non-hydrogen) atoms. The molecule has 2 fully saturated rings. The van der Waals surface area contributed by atoms with Crippen LogP contribution in [0.2, 0.25) is 0 Å². The van der Waals surface area contributed by atoms with Gasteiger partial charge in [-0.1, -0.05) is 6.08 Å². The van der Waals surface area contributed by atoms with E-state index in [-0.39, 0.29) is 28.7 Å². The highest BCUT2D eigenvalue weighted by atomic mass is 32.2. The molecule has 1 aromatic carbocycles. The Balaban J connectivity index is 1.63. The number of hydrogen-bond acceptors (Lipinski definition) is 4. The first kappa shape index (κ1) is 18.6. The van der Waals surface area contributed by atoms with E-state index < -0.39 is 16.0 Å². The number of hydrogen-bond donors (Lipinski definition) is 2. The summed E-state index contributed by atoms with van der Waals surface area (Å²) in [6.07, 6.45) is 3.56. The van der Waals surface area contributed by atoms with E-state index in [4.69, 9.17) is 5.11 Å². The van der Waals surface area contributed by atoms with E-state index >= 15 is 0 Å². The molecule has 1 spiro atoms. The SMILES string of the molecule is C=CCNS(=O)(=O)c1ccc(C(=O)N2CCC3(CC2)CC3C(=O)O)cc1. The maximum Gasteiger partial charge on any atom is 0.307 e. The molecule has 7 nitrogen and oxygen atoms in total. The van der Waals surface area contributed by atoms with Gasteiger partial charge in [0.1, 0.15) is 0 Å². The molecule has 2 aliphatic rings. The van der Waals surface area contributed by atoms with Crippen LogP contribution in [-0.2, 0) is 14.8 Å². The van der Waals surface area contributed by atoms with Crippen LogP contribution < -0.4 is 4.72 Å². The van der Waals surface area contributed by atoms with Crippen molar-refractivity contribution in [2.24, 2.45) is 11.3 Å². The summed E-state index contributed by atoms with van der Waals surface area (Å²) in [5.74, 6) is -1.17. The Kier molecular flexibility index (Phi) is 4.90. The largest absolute Gasteiger partial charge is 0.481 e. The standard InChI is InChI=1S/C18H22N2O5S/c1-2-9-19-26(24,25)14-5-3-13(4-6-14)16(21)20-10-7-18(8-11-20)12-15(18)17(22)23/h2-6,15,19H,1,7-12H2,(H,22,23). The number of carbonyl (C=O) groups excluding carboxylic acids is 1. The monoisotopic (exact) mass is 378 g/mol. The number of amides is 1. The molecule has 1 aliphatic heterocycles. The van der Waals surface area contributed by atoms with Crippen molar-refractivity contribution in [3.05, 3.63) is 42.5 Å². The number of benzene rings is 1. The molecule has 1 aliphatic carbocycles. The molecule has 0 radical (unpaired) electrons.